The molecule has 1 aromatic heterocycles. The maximum absolute atomic E-state index is 12.2. The van der Waals surface area contributed by atoms with Crippen molar-refractivity contribution < 1.29 is 23.8 Å². The van der Waals surface area contributed by atoms with E-state index < -0.39 is 5.97 Å². The van der Waals surface area contributed by atoms with Crippen molar-refractivity contribution in [3.05, 3.63) is 71.9 Å². The van der Waals surface area contributed by atoms with E-state index in [1.54, 1.807) is 56.7 Å². The predicted octanol–water partition coefficient (Wildman–Crippen LogP) is 3.80. The number of pyridine rings is 1. The van der Waals surface area contributed by atoms with Crippen LogP contribution in [0.2, 0.25) is 0 Å². The van der Waals surface area contributed by atoms with Gasteiger partial charge in [-0.2, -0.15) is 0 Å². The van der Waals surface area contributed by atoms with E-state index in [1.165, 1.54) is 6.20 Å². The van der Waals surface area contributed by atoms with Crippen molar-refractivity contribution >= 4 is 12.3 Å². The van der Waals surface area contributed by atoms with Crippen LogP contribution in [-0.4, -0.2) is 31.5 Å². The molecule has 27 heavy (non-hydrogen) atoms. The van der Waals surface area contributed by atoms with Crippen LogP contribution in [0.5, 0.6) is 17.2 Å². The van der Waals surface area contributed by atoms with Gasteiger partial charge in [0.05, 0.1) is 25.5 Å². The Bertz CT molecular complexity index is 949. The Balaban J connectivity index is 1.78. The third-order valence-electron chi connectivity index (χ3n) is 3.91. The van der Waals surface area contributed by atoms with Crippen LogP contribution in [0.4, 0.5) is 0 Å². The van der Waals surface area contributed by atoms with Gasteiger partial charge in [-0.3, -0.25) is 9.78 Å². The summed E-state index contributed by atoms with van der Waals surface area (Å²) in [6.45, 7) is 0. The highest BCUT2D eigenvalue weighted by Crippen LogP contribution is 2.32. The van der Waals surface area contributed by atoms with Gasteiger partial charge in [0.1, 0.15) is 23.5 Å². The summed E-state index contributed by atoms with van der Waals surface area (Å²) in [5, 5.41) is 0. The highest BCUT2D eigenvalue weighted by Gasteiger charge is 2.12. The average Bonchev–Trinajstić information content (AvgIpc) is 2.73. The van der Waals surface area contributed by atoms with Gasteiger partial charge in [0.25, 0.3) is 0 Å². The number of benzene rings is 2. The Morgan fingerprint density at radius 2 is 1.67 bits per heavy atom. The molecule has 0 aliphatic carbocycles. The zero-order valence-electron chi connectivity index (χ0n) is 14.8. The van der Waals surface area contributed by atoms with Gasteiger partial charge in [0, 0.05) is 23.4 Å². The Morgan fingerprint density at radius 3 is 2.26 bits per heavy atom. The fraction of sp³-hybridized carbons (Fsp3) is 0.0952. The summed E-state index contributed by atoms with van der Waals surface area (Å²) in [5.74, 6) is 1.12. The molecule has 0 saturated heterocycles. The molecule has 6 nitrogen and oxygen atoms in total. The van der Waals surface area contributed by atoms with Crippen molar-refractivity contribution in [3.63, 3.8) is 0 Å². The minimum absolute atomic E-state index is 0.311. The predicted molar refractivity (Wildman–Crippen MR) is 99.6 cm³/mol. The minimum Gasteiger partial charge on any atom is -0.497 e. The van der Waals surface area contributed by atoms with E-state index >= 15 is 0 Å². The third kappa shape index (κ3) is 4.12. The third-order valence-corrected chi connectivity index (χ3v) is 3.91. The zero-order valence-corrected chi connectivity index (χ0v) is 14.8. The summed E-state index contributed by atoms with van der Waals surface area (Å²) >= 11 is 0. The summed E-state index contributed by atoms with van der Waals surface area (Å²) in [4.78, 5) is 27.2. The van der Waals surface area contributed by atoms with Gasteiger partial charge in [-0.15, -0.1) is 0 Å². The van der Waals surface area contributed by atoms with Gasteiger partial charge < -0.3 is 14.2 Å². The molecule has 0 atom stereocenters. The maximum atomic E-state index is 12.2. The summed E-state index contributed by atoms with van der Waals surface area (Å²) in [7, 11) is 3.15. The quantitative estimate of drug-likeness (QED) is 0.377. The number of hydrogen-bond donors (Lipinski definition) is 0. The van der Waals surface area contributed by atoms with Crippen LogP contribution in [0.1, 0.15) is 20.7 Å². The molecule has 0 fully saturated rings. The lowest BCUT2D eigenvalue weighted by atomic mass is 10.1. The van der Waals surface area contributed by atoms with Crippen LogP contribution in [0.15, 0.2) is 60.8 Å². The topological polar surface area (TPSA) is 74.7 Å². The molecule has 0 unspecified atom stereocenters. The number of nitrogens with zero attached hydrogens (tertiary/aromatic N) is 1. The summed E-state index contributed by atoms with van der Waals surface area (Å²) in [5.41, 5.74) is 2.25. The number of carbonyl (C=O) groups excluding carboxylic acids is 2. The molecule has 0 radical (unpaired) electrons. The van der Waals surface area contributed by atoms with Crippen LogP contribution in [0, 0.1) is 0 Å². The fourth-order valence-electron chi connectivity index (χ4n) is 2.46. The van der Waals surface area contributed by atoms with E-state index in [0.29, 0.717) is 34.1 Å². The van der Waals surface area contributed by atoms with Gasteiger partial charge in [0.2, 0.25) is 0 Å². The molecule has 0 spiro atoms. The smallest absolute Gasteiger partial charge is 0.345 e. The largest absolute Gasteiger partial charge is 0.497 e. The van der Waals surface area contributed by atoms with E-state index in [2.05, 4.69) is 4.98 Å². The Hall–Kier alpha value is -3.67. The lowest BCUT2D eigenvalue weighted by Crippen LogP contribution is -2.09. The van der Waals surface area contributed by atoms with Crippen LogP contribution in [0.25, 0.3) is 11.3 Å². The number of methoxy groups -OCH3 is 2. The first-order valence-electron chi connectivity index (χ1n) is 8.10. The molecule has 136 valence electrons. The maximum Gasteiger partial charge on any atom is 0.345 e. The highest BCUT2D eigenvalue weighted by molar-refractivity contribution is 5.91. The number of carbonyl (C=O) groups is 2. The second-order valence-electron chi connectivity index (χ2n) is 5.57. The second kappa shape index (κ2) is 8.14. The van der Waals surface area contributed by atoms with Gasteiger partial charge in [-0.05, 0) is 48.5 Å². The van der Waals surface area contributed by atoms with E-state index in [1.807, 2.05) is 12.1 Å². The normalized spacial score (nSPS) is 10.1. The molecule has 0 amide bonds. The Labute approximate surface area is 156 Å². The number of ether oxygens (including phenoxy) is 3. The molecule has 1 heterocycles. The highest BCUT2D eigenvalue weighted by atomic mass is 16.5. The Kier molecular flexibility index (Phi) is 5.47. The standard InChI is InChI=1S/C21H17NO5/c1-25-17-8-9-18(20(11-17)26-2)19-10-5-15(12-22-19)21(24)27-16-6-3-14(13-23)4-7-16/h3-13H,1-2H3. The van der Waals surface area contributed by atoms with Gasteiger partial charge in [0.15, 0.2) is 0 Å². The molecule has 0 saturated carbocycles. The molecule has 0 N–H and O–H groups in total. The molecule has 2 aromatic carbocycles. The molecular weight excluding hydrogens is 346 g/mol. The number of aromatic nitrogens is 1. The zero-order chi connectivity index (χ0) is 19.2. The van der Waals surface area contributed by atoms with Crippen molar-refractivity contribution in [3.8, 4) is 28.5 Å². The van der Waals surface area contributed by atoms with E-state index in [9.17, 15) is 9.59 Å². The SMILES string of the molecule is COc1ccc(-c2ccc(C(=O)Oc3ccc(C=O)cc3)cn2)c(OC)c1. The first-order chi connectivity index (χ1) is 13.1. The first-order valence-corrected chi connectivity index (χ1v) is 8.10. The van der Waals surface area contributed by atoms with Crippen molar-refractivity contribution in [1.29, 1.82) is 0 Å². The fourth-order valence-corrected chi connectivity index (χ4v) is 2.46. The van der Waals surface area contributed by atoms with Crippen molar-refractivity contribution in [1.82, 2.24) is 4.98 Å². The minimum atomic E-state index is -0.533. The van der Waals surface area contributed by atoms with Gasteiger partial charge in [-0.25, -0.2) is 4.79 Å². The lowest BCUT2D eigenvalue weighted by Gasteiger charge is -2.10. The van der Waals surface area contributed by atoms with Crippen LogP contribution in [0.3, 0.4) is 0 Å². The van der Waals surface area contributed by atoms with Crippen molar-refractivity contribution in [2.75, 3.05) is 14.2 Å². The van der Waals surface area contributed by atoms with Crippen molar-refractivity contribution in [2.45, 2.75) is 0 Å². The number of hydrogen-bond acceptors (Lipinski definition) is 6. The van der Waals surface area contributed by atoms with Crippen molar-refractivity contribution in [2.24, 2.45) is 0 Å². The van der Waals surface area contributed by atoms with Crippen LogP contribution < -0.4 is 14.2 Å². The molecule has 3 aromatic rings. The molecule has 6 heteroatoms. The van der Waals surface area contributed by atoms with Crippen LogP contribution in [-0.2, 0) is 0 Å². The Morgan fingerprint density at radius 1 is 0.926 bits per heavy atom. The van der Waals surface area contributed by atoms with Gasteiger partial charge in [-0.1, -0.05) is 0 Å². The lowest BCUT2D eigenvalue weighted by molar-refractivity contribution is 0.0734. The first kappa shape index (κ1) is 18.1. The monoisotopic (exact) mass is 363 g/mol. The molecule has 0 bridgehead atoms. The van der Waals surface area contributed by atoms with E-state index in [4.69, 9.17) is 14.2 Å². The summed E-state index contributed by atoms with van der Waals surface area (Å²) in [6, 6.07) is 15.0. The molecular formula is C21H17NO5. The van der Waals surface area contributed by atoms with Crippen LogP contribution >= 0.6 is 0 Å². The summed E-state index contributed by atoms with van der Waals surface area (Å²) < 4.78 is 15.9. The molecule has 3 rings (SSSR count). The second-order valence-corrected chi connectivity index (χ2v) is 5.57. The number of rotatable bonds is 6. The molecule has 0 aliphatic rings. The number of esters is 1. The average molecular weight is 363 g/mol. The number of aldehydes is 1. The molecule has 0 aliphatic heterocycles. The van der Waals surface area contributed by atoms with E-state index in [0.717, 1.165) is 11.8 Å². The van der Waals surface area contributed by atoms with E-state index in [-0.39, 0.29) is 0 Å². The summed E-state index contributed by atoms with van der Waals surface area (Å²) in [6.07, 6.45) is 2.17. The van der Waals surface area contributed by atoms with Gasteiger partial charge >= 0.3 is 5.97 Å².